The van der Waals surface area contributed by atoms with E-state index in [0.29, 0.717) is 12.1 Å². The minimum Gasteiger partial charge on any atom is -0.381 e. The van der Waals surface area contributed by atoms with Crippen LogP contribution in [0.4, 0.5) is 0 Å². The summed E-state index contributed by atoms with van der Waals surface area (Å²) in [4.78, 5) is 0. The molecule has 1 aromatic heterocycles. The van der Waals surface area contributed by atoms with Crippen molar-refractivity contribution in [1.82, 2.24) is 15.1 Å². The number of ether oxygens (including phenoxy) is 1. The van der Waals surface area contributed by atoms with Gasteiger partial charge in [0.1, 0.15) is 0 Å². The Morgan fingerprint density at radius 2 is 1.88 bits per heavy atom. The molecule has 0 spiro atoms. The van der Waals surface area contributed by atoms with Crippen molar-refractivity contribution in [3.05, 3.63) is 47.3 Å². The second kappa shape index (κ2) is 6.58. The normalized spacial score (nSPS) is 23.4. The molecule has 4 heteroatoms. The van der Waals surface area contributed by atoms with Gasteiger partial charge in [-0.1, -0.05) is 31.5 Å². The summed E-state index contributed by atoms with van der Waals surface area (Å²) in [5.41, 5.74) is 5.47. The molecule has 134 valence electrons. The predicted octanol–water partition coefficient (Wildman–Crippen LogP) is 3.96. The molecule has 2 aromatic rings. The maximum atomic E-state index is 5.51. The minimum atomic E-state index is 0.276. The molecule has 25 heavy (non-hydrogen) atoms. The van der Waals surface area contributed by atoms with Crippen molar-refractivity contribution in [3.8, 4) is 5.69 Å². The summed E-state index contributed by atoms with van der Waals surface area (Å²) in [5.74, 6) is 0. The molecule has 4 nitrogen and oxygen atoms in total. The lowest BCUT2D eigenvalue weighted by atomic mass is 9.74. The maximum absolute atomic E-state index is 5.51. The molecule has 1 aliphatic carbocycles. The second-order valence-corrected chi connectivity index (χ2v) is 8.44. The first-order chi connectivity index (χ1) is 12.0. The van der Waals surface area contributed by atoms with Crippen molar-refractivity contribution in [2.75, 3.05) is 13.2 Å². The van der Waals surface area contributed by atoms with Crippen LogP contribution in [-0.2, 0) is 11.2 Å². The number of nitrogens with one attached hydrogen (secondary N) is 1. The molecule has 1 aromatic carbocycles. The molecule has 1 saturated heterocycles. The highest BCUT2D eigenvalue weighted by Crippen LogP contribution is 2.41. The zero-order valence-electron chi connectivity index (χ0n) is 15.6. The lowest BCUT2D eigenvalue weighted by molar-refractivity contribution is 0.0717. The van der Waals surface area contributed by atoms with E-state index >= 15 is 0 Å². The van der Waals surface area contributed by atoms with Crippen molar-refractivity contribution in [2.24, 2.45) is 5.41 Å². The van der Waals surface area contributed by atoms with Crippen LogP contribution in [0.3, 0.4) is 0 Å². The molecule has 1 fully saturated rings. The Labute approximate surface area is 150 Å². The topological polar surface area (TPSA) is 39.1 Å². The Bertz CT molecular complexity index is 726. The number of fused-ring (bicyclic) bond motifs is 1. The second-order valence-electron chi connectivity index (χ2n) is 8.44. The highest BCUT2D eigenvalue weighted by Gasteiger charge is 2.36. The lowest BCUT2D eigenvalue weighted by Gasteiger charge is -2.38. The average molecular weight is 339 g/mol. The van der Waals surface area contributed by atoms with Gasteiger partial charge in [-0.05, 0) is 50.2 Å². The van der Waals surface area contributed by atoms with Gasteiger partial charge in [0.05, 0.1) is 11.9 Å². The summed E-state index contributed by atoms with van der Waals surface area (Å²) >= 11 is 0. The SMILES string of the molecule is Cc1ccc(-n2ncc3c2CC(C)(C)C[C@H]3NC2CCOCC2)cc1. The Balaban J connectivity index is 1.65. The molecule has 1 atom stereocenters. The standard InChI is InChI=1S/C21H29N3O/c1-15-4-6-17(7-5-15)24-20-13-21(2,3)12-19(18(20)14-22-24)23-16-8-10-25-11-9-16/h4-7,14,16,19,23H,8-13H2,1-3H3/t19-/m1/s1. The molecule has 0 unspecified atom stereocenters. The average Bonchev–Trinajstić information content (AvgIpc) is 2.99. The summed E-state index contributed by atoms with van der Waals surface area (Å²) in [6.07, 6.45) is 6.54. The first kappa shape index (κ1) is 16.8. The molecular weight excluding hydrogens is 310 g/mol. The number of hydrogen-bond donors (Lipinski definition) is 1. The summed E-state index contributed by atoms with van der Waals surface area (Å²) in [6.45, 7) is 8.63. The van der Waals surface area contributed by atoms with Gasteiger partial charge in [-0.15, -0.1) is 0 Å². The molecule has 1 aliphatic heterocycles. The highest BCUT2D eigenvalue weighted by molar-refractivity contribution is 5.39. The van der Waals surface area contributed by atoms with E-state index in [0.717, 1.165) is 44.6 Å². The number of rotatable bonds is 3. The maximum Gasteiger partial charge on any atom is 0.0649 e. The summed E-state index contributed by atoms with van der Waals surface area (Å²) < 4.78 is 7.66. The van der Waals surface area contributed by atoms with Gasteiger partial charge < -0.3 is 10.1 Å². The van der Waals surface area contributed by atoms with E-state index < -0.39 is 0 Å². The largest absolute Gasteiger partial charge is 0.381 e. The van der Waals surface area contributed by atoms with Crippen LogP contribution in [-0.4, -0.2) is 29.0 Å². The number of aryl methyl sites for hydroxylation is 1. The first-order valence-electron chi connectivity index (χ1n) is 9.49. The fourth-order valence-corrected chi connectivity index (χ4v) is 4.25. The lowest BCUT2D eigenvalue weighted by Crippen LogP contribution is -2.41. The number of hydrogen-bond acceptors (Lipinski definition) is 3. The molecule has 4 rings (SSSR count). The highest BCUT2D eigenvalue weighted by atomic mass is 16.5. The van der Waals surface area contributed by atoms with Crippen LogP contribution >= 0.6 is 0 Å². The third-order valence-corrected chi connectivity index (χ3v) is 5.62. The Morgan fingerprint density at radius 3 is 2.60 bits per heavy atom. The predicted molar refractivity (Wildman–Crippen MR) is 100 cm³/mol. The van der Waals surface area contributed by atoms with Gasteiger partial charge in [0.2, 0.25) is 0 Å². The van der Waals surface area contributed by atoms with Crippen molar-refractivity contribution in [2.45, 2.75) is 58.5 Å². The molecule has 2 aliphatic rings. The Hall–Kier alpha value is -1.65. The Morgan fingerprint density at radius 1 is 1.16 bits per heavy atom. The van der Waals surface area contributed by atoms with E-state index in [-0.39, 0.29) is 5.41 Å². The smallest absolute Gasteiger partial charge is 0.0649 e. The van der Waals surface area contributed by atoms with Crippen molar-refractivity contribution in [3.63, 3.8) is 0 Å². The van der Waals surface area contributed by atoms with Crippen molar-refractivity contribution in [1.29, 1.82) is 0 Å². The molecule has 2 heterocycles. The van der Waals surface area contributed by atoms with Gasteiger partial charge >= 0.3 is 0 Å². The van der Waals surface area contributed by atoms with Crippen LogP contribution in [0.5, 0.6) is 0 Å². The molecular formula is C21H29N3O. The third kappa shape index (κ3) is 3.51. The fourth-order valence-electron chi connectivity index (χ4n) is 4.25. The van der Waals surface area contributed by atoms with Crippen molar-refractivity contribution >= 4 is 0 Å². The van der Waals surface area contributed by atoms with E-state index in [1.165, 1.54) is 16.8 Å². The number of nitrogens with zero attached hydrogens (tertiary/aromatic N) is 2. The first-order valence-corrected chi connectivity index (χ1v) is 9.49. The summed E-state index contributed by atoms with van der Waals surface area (Å²) in [5, 5.41) is 8.67. The van der Waals surface area contributed by atoms with Crippen LogP contribution in [0.2, 0.25) is 0 Å². The van der Waals surface area contributed by atoms with E-state index in [1.807, 2.05) is 0 Å². The monoisotopic (exact) mass is 339 g/mol. The van der Waals surface area contributed by atoms with Gasteiger partial charge in [-0.3, -0.25) is 0 Å². The summed E-state index contributed by atoms with van der Waals surface area (Å²) in [6, 6.07) is 9.62. The molecule has 1 N–H and O–H groups in total. The molecule has 0 radical (unpaired) electrons. The number of aromatic nitrogens is 2. The van der Waals surface area contributed by atoms with Gasteiger partial charge in [-0.25, -0.2) is 4.68 Å². The van der Waals surface area contributed by atoms with Gasteiger partial charge in [0.15, 0.2) is 0 Å². The summed E-state index contributed by atoms with van der Waals surface area (Å²) in [7, 11) is 0. The van der Waals surface area contributed by atoms with Gasteiger partial charge in [0, 0.05) is 36.6 Å². The Kier molecular flexibility index (Phi) is 4.42. The van der Waals surface area contributed by atoms with E-state index in [2.05, 4.69) is 61.2 Å². The van der Waals surface area contributed by atoms with Crippen molar-refractivity contribution < 1.29 is 4.74 Å². The van der Waals surface area contributed by atoms with Crippen LogP contribution in [0, 0.1) is 12.3 Å². The fraction of sp³-hybridized carbons (Fsp3) is 0.571. The van der Waals surface area contributed by atoms with Crippen LogP contribution in [0.15, 0.2) is 30.5 Å². The quantitative estimate of drug-likeness (QED) is 0.920. The van der Waals surface area contributed by atoms with Gasteiger partial charge in [-0.2, -0.15) is 5.10 Å². The van der Waals surface area contributed by atoms with E-state index in [9.17, 15) is 0 Å². The number of benzene rings is 1. The zero-order chi connectivity index (χ0) is 17.4. The van der Waals surface area contributed by atoms with E-state index in [1.54, 1.807) is 0 Å². The zero-order valence-corrected chi connectivity index (χ0v) is 15.6. The third-order valence-electron chi connectivity index (χ3n) is 5.62. The molecule has 0 amide bonds. The van der Waals surface area contributed by atoms with Gasteiger partial charge in [0.25, 0.3) is 0 Å². The van der Waals surface area contributed by atoms with Crippen LogP contribution in [0.25, 0.3) is 5.69 Å². The molecule has 0 saturated carbocycles. The van der Waals surface area contributed by atoms with Crippen LogP contribution < -0.4 is 5.32 Å². The van der Waals surface area contributed by atoms with Crippen LogP contribution in [0.1, 0.15) is 56.0 Å². The molecule has 0 bridgehead atoms. The van der Waals surface area contributed by atoms with E-state index in [4.69, 9.17) is 9.84 Å². The minimum absolute atomic E-state index is 0.276.